The summed E-state index contributed by atoms with van der Waals surface area (Å²) in [5, 5.41) is 0. The van der Waals surface area contributed by atoms with Crippen molar-refractivity contribution in [1.29, 1.82) is 0 Å². The number of benzene rings is 1. The van der Waals surface area contributed by atoms with Crippen LogP contribution in [0.2, 0.25) is 0 Å². The third-order valence-corrected chi connectivity index (χ3v) is 2.02. The Hall–Kier alpha value is -0.780. The number of halogens is 5. The molecule has 0 amide bonds. The Labute approximate surface area is 79.7 Å². The molecule has 2 N–H and O–H groups in total. The largest absolute Gasteiger partial charge is 0.421 e. The second kappa shape index (κ2) is 3.17. The predicted molar refractivity (Wildman–Crippen MR) is 43.5 cm³/mol. The predicted octanol–water partition coefficient (Wildman–Crippen LogP) is 3.19. The van der Waals surface area contributed by atoms with Crippen LogP contribution in [0.5, 0.6) is 0 Å². The number of anilines is 1. The number of rotatable bonds is 0. The van der Waals surface area contributed by atoms with Gasteiger partial charge in [-0.25, -0.2) is 4.39 Å². The molecule has 13 heavy (non-hydrogen) atoms. The van der Waals surface area contributed by atoms with Crippen LogP contribution in [0, 0.1) is 5.82 Å². The fourth-order valence-corrected chi connectivity index (χ4v) is 1.18. The van der Waals surface area contributed by atoms with Gasteiger partial charge in [0.05, 0.1) is 4.47 Å². The van der Waals surface area contributed by atoms with Gasteiger partial charge in [-0.3, -0.25) is 0 Å². The van der Waals surface area contributed by atoms with Crippen LogP contribution in [0.15, 0.2) is 16.6 Å². The fraction of sp³-hybridized carbons (Fsp3) is 0.143. The standard InChI is InChI=1S/C7H4BrF4N/c8-3-1-2-4(13)5(6(3)9)7(10,11)12/h1-2H,13H2. The van der Waals surface area contributed by atoms with Crippen molar-refractivity contribution in [2.24, 2.45) is 0 Å². The number of nitrogens with two attached hydrogens (primary N) is 1. The summed E-state index contributed by atoms with van der Waals surface area (Å²) in [6.45, 7) is 0. The summed E-state index contributed by atoms with van der Waals surface area (Å²) in [4.78, 5) is 0. The third kappa shape index (κ3) is 1.93. The van der Waals surface area contributed by atoms with Crippen molar-refractivity contribution in [1.82, 2.24) is 0 Å². The second-order valence-corrected chi connectivity index (χ2v) is 3.18. The molecule has 0 heterocycles. The summed E-state index contributed by atoms with van der Waals surface area (Å²) in [5.74, 6) is -1.38. The van der Waals surface area contributed by atoms with E-state index >= 15 is 0 Å². The van der Waals surface area contributed by atoms with Crippen LogP contribution in [0.25, 0.3) is 0 Å². The van der Waals surface area contributed by atoms with E-state index in [2.05, 4.69) is 15.9 Å². The fourth-order valence-electron chi connectivity index (χ4n) is 0.854. The smallest absolute Gasteiger partial charge is 0.398 e. The van der Waals surface area contributed by atoms with Gasteiger partial charge in [-0.1, -0.05) is 0 Å². The van der Waals surface area contributed by atoms with E-state index in [1.54, 1.807) is 0 Å². The molecule has 0 spiro atoms. The number of nitrogen functional groups attached to an aromatic ring is 1. The van der Waals surface area contributed by atoms with Crippen LogP contribution in [-0.4, -0.2) is 0 Å². The first-order valence-corrected chi connectivity index (χ1v) is 3.94. The Bertz CT molecular complexity index is 334. The maximum absolute atomic E-state index is 12.9. The van der Waals surface area contributed by atoms with Crippen LogP contribution in [-0.2, 0) is 6.18 Å². The molecule has 6 heteroatoms. The molecule has 72 valence electrons. The second-order valence-electron chi connectivity index (χ2n) is 2.32. The first-order chi connectivity index (χ1) is 5.84. The average molecular weight is 258 g/mol. The number of alkyl halides is 3. The van der Waals surface area contributed by atoms with Gasteiger partial charge in [0, 0.05) is 5.69 Å². The average Bonchev–Trinajstić information content (AvgIpc) is 1.95. The first kappa shape index (κ1) is 10.3. The lowest BCUT2D eigenvalue weighted by Crippen LogP contribution is -2.12. The maximum Gasteiger partial charge on any atom is 0.421 e. The Morgan fingerprint density at radius 3 is 2.15 bits per heavy atom. The first-order valence-electron chi connectivity index (χ1n) is 3.14. The molecule has 0 aliphatic heterocycles. The zero-order chi connectivity index (χ0) is 10.2. The molecule has 0 bridgehead atoms. The molecular weight excluding hydrogens is 254 g/mol. The van der Waals surface area contributed by atoms with Crippen molar-refractivity contribution in [3.05, 3.63) is 28.0 Å². The number of hydrogen-bond acceptors (Lipinski definition) is 1. The molecule has 0 aliphatic rings. The zero-order valence-electron chi connectivity index (χ0n) is 6.12. The third-order valence-electron chi connectivity index (χ3n) is 1.41. The summed E-state index contributed by atoms with van der Waals surface area (Å²) in [6, 6.07) is 2.12. The van der Waals surface area contributed by atoms with Gasteiger partial charge in [-0.15, -0.1) is 0 Å². The molecule has 1 aromatic rings. The van der Waals surface area contributed by atoms with Gasteiger partial charge >= 0.3 is 6.18 Å². The van der Waals surface area contributed by atoms with Crippen molar-refractivity contribution in [2.45, 2.75) is 6.18 Å². The van der Waals surface area contributed by atoms with E-state index in [9.17, 15) is 17.6 Å². The van der Waals surface area contributed by atoms with Crippen LogP contribution < -0.4 is 5.73 Å². The van der Waals surface area contributed by atoms with Crippen LogP contribution >= 0.6 is 15.9 Å². The minimum atomic E-state index is -4.77. The Morgan fingerprint density at radius 1 is 1.23 bits per heavy atom. The Morgan fingerprint density at radius 2 is 1.77 bits per heavy atom. The monoisotopic (exact) mass is 257 g/mol. The summed E-state index contributed by atoms with van der Waals surface area (Å²) < 4.78 is 49.1. The molecule has 0 unspecified atom stereocenters. The maximum atomic E-state index is 12.9. The minimum Gasteiger partial charge on any atom is -0.398 e. The molecule has 0 atom stereocenters. The van der Waals surface area contributed by atoms with Gasteiger partial charge in [-0.05, 0) is 28.1 Å². The van der Waals surface area contributed by atoms with Crippen molar-refractivity contribution in [2.75, 3.05) is 5.73 Å². The van der Waals surface area contributed by atoms with Crippen LogP contribution in [0.1, 0.15) is 5.56 Å². The lowest BCUT2D eigenvalue weighted by molar-refractivity contribution is -0.139. The van der Waals surface area contributed by atoms with Gasteiger partial charge in [-0.2, -0.15) is 13.2 Å². The van der Waals surface area contributed by atoms with Gasteiger partial charge in [0.25, 0.3) is 0 Å². The quantitative estimate of drug-likeness (QED) is 0.561. The molecule has 0 aliphatic carbocycles. The summed E-state index contributed by atoms with van der Waals surface area (Å²) in [6.07, 6.45) is -4.77. The highest BCUT2D eigenvalue weighted by atomic mass is 79.9. The summed E-state index contributed by atoms with van der Waals surface area (Å²) in [5.41, 5.74) is 2.95. The highest BCUT2D eigenvalue weighted by Crippen LogP contribution is 2.37. The van der Waals surface area contributed by atoms with Crippen molar-refractivity contribution in [3.63, 3.8) is 0 Å². The highest BCUT2D eigenvalue weighted by molar-refractivity contribution is 9.10. The van der Waals surface area contributed by atoms with E-state index in [1.807, 2.05) is 0 Å². The van der Waals surface area contributed by atoms with Gasteiger partial charge in [0.1, 0.15) is 5.56 Å². The lowest BCUT2D eigenvalue weighted by atomic mass is 10.1. The molecule has 1 rings (SSSR count). The minimum absolute atomic E-state index is 0.256. The molecule has 0 saturated carbocycles. The SMILES string of the molecule is Nc1ccc(Br)c(F)c1C(F)(F)F. The Kier molecular flexibility index (Phi) is 2.51. The zero-order valence-corrected chi connectivity index (χ0v) is 7.71. The Balaban J connectivity index is 3.43. The van der Waals surface area contributed by atoms with E-state index in [-0.39, 0.29) is 4.47 Å². The number of hydrogen-bond donors (Lipinski definition) is 1. The normalized spacial score (nSPS) is 11.8. The van der Waals surface area contributed by atoms with Crippen molar-refractivity contribution >= 4 is 21.6 Å². The van der Waals surface area contributed by atoms with E-state index in [0.29, 0.717) is 0 Å². The molecule has 0 fully saturated rings. The van der Waals surface area contributed by atoms with E-state index in [1.165, 1.54) is 0 Å². The van der Waals surface area contributed by atoms with Gasteiger partial charge < -0.3 is 5.73 Å². The molecular formula is C7H4BrF4N. The van der Waals surface area contributed by atoms with Crippen molar-refractivity contribution < 1.29 is 17.6 Å². The summed E-state index contributed by atoms with van der Waals surface area (Å²) >= 11 is 2.64. The molecule has 1 aromatic carbocycles. The molecule has 1 nitrogen and oxygen atoms in total. The summed E-state index contributed by atoms with van der Waals surface area (Å²) in [7, 11) is 0. The molecule has 0 saturated heterocycles. The van der Waals surface area contributed by atoms with Crippen LogP contribution in [0.4, 0.5) is 23.2 Å². The molecule has 0 radical (unpaired) electrons. The highest BCUT2D eigenvalue weighted by Gasteiger charge is 2.37. The van der Waals surface area contributed by atoms with Crippen molar-refractivity contribution in [3.8, 4) is 0 Å². The molecule has 0 aromatic heterocycles. The van der Waals surface area contributed by atoms with E-state index in [4.69, 9.17) is 5.73 Å². The van der Waals surface area contributed by atoms with E-state index < -0.39 is 23.2 Å². The topological polar surface area (TPSA) is 26.0 Å². The van der Waals surface area contributed by atoms with Gasteiger partial charge in [0.2, 0.25) is 0 Å². The van der Waals surface area contributed by atoms with E-state index in [0.717, 1.165) is 12.1 Å². The lowest BCUT2D eigenvalue weighted by Gasteiger charge is -2.11. The van der Waals surface area contributed by atoms with Crippen LogP contribution in [0.3, 0.4) is 0 Å². The van der Waals surface area contributed by atoms with Gasteiger partial charge in [0.15, 0.2) is 5.82 Å².